The fourth-order valence-corrected chi connectivity index (χ4v) is 2.56. The average molecular weight is 249 g/mol. The zero-order valence-electron chi connectivity index (χ0n) is 11.2. The Morgan fingerprint density at radius 2 is 2.33 bits per heavy atom. The van der Waals surface area contributed by atoms with Gasteiger partial charge >= 0.3 is 0 Å². The van der Waals surface area contributed by atoms with Crippen molar-refractivity contribution in [3.63, 3.8) is 0 Å². The molecule has 2 rings (SSSR count). The molecule has 100 valence electrons. The van der Waals surface area contributed by atoms with Gasteiger partial charge in [-0.05, 0) is 32.1 Å². The zero-order valence-corrected chi connectivity index (χ0v) is 11.2. The minimum atomic E-state index is 0.252. The molecule has 1 aromatic rings. The molecular weight excluding hydrogens is 226 g/mol. The molecule has 0 spiro atoms. The maximum Gasteiger partial charge on any atom is 0.0419 e. The van der Waals surface area contributed by atoms with Crippen LogP contribution in [0.3, 0.4) is 0 Å². The lowest BCUT2D eigenvalue weighted by Crippen LogP contribution is -2.60. The lowest BCUT2D eigenvalue weighted by molar-refractivity contribution is 0.0876. The van der Waals surface area contributed by atoms with E-state index in [-0.39, 0.29) is 6.04 Å². The number of piperazine rings is 1. The van der Waals surface area contributed by atoms with Crippen LogP contribution in [0.15, 0.2) is 24.5 Å². The first-order chi connectivity index (χ1) is 8.70. The van der Waals surface area contributed by atoms with E-state index in [1.54, 1.807) is 6.20 Å². The summed E-state index contributed by atoms with van der Waals surface area (Å²) in [5.74, 6) is 5.74. The van der Waals surface area contributed by atoms with Gasteiger partial charge in [-0.2, -0.15) is 0 Å². The molecule has 5 nitrogen and oxygen atoms in total. The molecule has 1 fully saturated rings. The highest BCUT2D eigenvalue weighted by Gasteiger charge is 2.29. The molecule has 1 aliphatic heterocycles. The molecule has 5 heteroatoms. The Kier molecular flexibility index (Phi) is 4.66. The third kappa shape index (κ3) is 3.26. The predicted octanol–water partition coefficient (Wildman–Crippen LogP) is -0.298. The topological polar surface area (TPSA) is 57.4 Å². The number of hydrogen-bond donors (Lipinski definition) is 2. The number of nitrogens with two attached hydrogens (primary N) is 1. The van der Waals surface area contributed by atoms with Crippen LogP contribution in [0, 0.1) is 0 Å². The summed E-state index contributed by atoms with van der Waals surface area (Å²) in [6.45, 7) is 3.26. The van der Waals surface area contributed by atoms with E-state index in [2.05, 4.69) is 40.4 Å². The van der Waals surface area contributed by atoms with E-state index >= 15 is 0 Å². The Labute approximate surface area is 109 Å². The number of hydrazine groups is 1. The van der Waals surface area contributed by atoms with Gasteiger partial charge in [0.1, 0.15) is 0 Å². The van der Waals surface area contributed by atoms with Gasteiger partial charge in [-0.3, -0.25) is 21.2 Å². The summed E-state index contributed by atoms with van der Waals surface area (Å²) in [4.78, 5) is 8.91. The first kappa shape index (κ1) is 13.4. The number of likely N-dealkylation sites (N-methyl/N-ethyl adjacent to an activating group) is 2. The predicted molar refractivity (Wildman–Crippen MR) is 73.0 cm³/mol. The fourth-order valence-electron chi connectivity index (χ4n) is 2.56. The number of rotatable bonds is 4. The number of aromatic nitrogens is 1. The van der Waals surface area contributed by atoms with Crippen molar-refractivity contribution in [2.75, 3.05) is 33.7 Å². The van der Waals surface area contributed by atoms with Crippen LogP contribution in [-0.2, 0) is 6.42 Å². The normalized spacial score (nSPS) is 24.1. The number of nitrogens with one attached hydrogen (secondary N) is 1. The van der Waals surface area contributed by atoms with Gasteiger partial charge in [0.25, 0.3) is 0 Å². The van der Waals surface area contributed by atoms with Crippen LogP contribution in [0.25, 0.3) is 0 Å². The monoisotopic (exact) mass is 249 g/mol. The third-order valence-corrected chi connectivity index (χ3v) is 3.76. The molecule has 1 aromatic heterocycles. The first-order valence-electron chi connectivity index (χ1n) is 6.44. The smallest absolute Gasteiger partial charge is 0.0419 e. The molecule has 0 bridgehead atoms. The van der Waals surface area contributed by atoms with Crippen molar-refractivity contribution in [3.8, 4) is 0 Å². The van der Waals surface area contributed by atoms with Crippen LogP contribution in [-0.4, -0.2) is 60.6 Å². The Morgan fingerprint density at radius 1 is 1.50 bits per heavy atom. The molecule has 0 saturated carbocycles. The van der Waals surface area contributed by atoms with Crippen molar-refractivity contribution in [2.45, 2.75) is 18.5 Å². The summed E-state index contributed by atoms with van der Waals surface area (Å²) in [6.07, 6.45) is 4.62. The summed E-state index contributed by atoms with van der Waals surface area (Å²) >= 11 is 0. The summed E-state index contributed by atoms with van der Waals surface area (Å²) in [5, 5.41) is 0. The average Bonchev–Trinajstić information content (AvgIpc) is 2.40. The van der Waals surface area contributed by atoms with Gasteiger partial charge in [0, 0.05) is 44.1 Å². The molecule has 1 saturated heterocycles. The van der Waals surface area contributed by atoms with Gasteiger partial charge < -0.3 is 4.90 Å². The summed E-state index contributed by atoms with van der Waals surface area (Å²) in [7, 11) is 4.34. The standard InChI is InChI=1S/C13H23N5/c1-17-6-7-18(2)13(10-17)12(16-14)8-11-4-3-5-15-9-11/h3-5,9,12-13,16H,6-8,10,14H2,1-2H3. The molecule has 0 radical (unpaired) electrons. The summed E-state index contributed by atoms with van der Waals surface area (Å²) in [5.41, 5.74) is 4.20. The van der Waals surface area contributed by atoms with Crippen molar-refractivity contribution >= 4 is 0 Å². The second-order valence-corrected chi connectivity index (χ2v) is 5.15. The summed E-state index contributed by atoms with van der Waals surface area (Å²) in [6, 6.07) is 4.76. The van der Waals surface area contributed by atoms with Gasteiger partial charge in [0.2, 0.25) is 0 Å². The number of pyridine rings is 1. The van der Waals surface area contributed by atoms with Crippen molar-refractivity contribution in [1.82, 2.24) is 20.2 Å². The van der Waals surface area contributed by atoms with E-state index in [4.69, 9.17) is 5.84 Å². The highest BCUT2D eigenvalue weighted by Crippen LogP contribution is 2.13. The van der Waals surface area contributed by atoms with E-state index in [0.717, 1.165) is 26.1 Å². The fraction of sp³-hybridized carbons (Fsp3) is 0.615. The SMILES string of the molecule is CN1CCN(C)C(C(Cc2cccnc2)NN)C1. The maximum atomic E-state index is 5.74. The van der Waals surface area contributed by atoms with Crippen LogP contribution in [0.5, 0.6) is 0 Å². The van der Waals surface area contributed by atoms with Crippen molar-refractivity contribution in [1.29, 1.82) is 0 Å². The molecule has 18 heavy (non-hydrogen) atoms. The molecule has 2 heterocycles. The number of nitrogens with zero attached hydrogens (tertiary/aromatic N) is 3. The van der Waals surface area contributed by atoms with Gasteiger partial charge in [0.15, 0.2) is 0 Å². The molecule has 2 atom stereocenters. The molecule has 0 aromatic carbocycles. The Balaban J connectivity index is 2.03. The molecule has 0 aliphatic carbocycles. The molecule has 1 aliphatic rings. The first-order valence-corrected chi connectivity index (χ1v) is 6.44. The Bertz CT molecular complexity index is 356. The highest BCUT2D eigenvalue weighted by atomic mass is 15.3. The number of hydrogen-bond acceptors (Lipinski definition) is 5. The van der Waals surface area contributed by atoms with Crippen molar-refractivity contribution in [3.05, 3.63) is 30.1 Å². The summed E-state index contributed by atoms with van der Waals surface area (Å²) < 4.78 is 0. The van der Waals surface area contributed by atoms with Crippen LogP contribution < -0.4 is 11.3 Å². The quantitative estimate of drug-likeness (QED) is 0.567. The van der Waals surface area contributed by atoms with Crippen LogP contribution in [0.4, 0.5) is 0 Å². The van der Waals surface area contributed by atoms with Gasteiger partial charge in [-0.25, -0.2) is 0 Å². The Hall–Kier alpha value is -1.01. The third-order valence-electron chi connectivity index (χ3n) is 3.76. The Morgan fingerprint density at radius 3 is 3.00 bits per heavy atom. The van der Waals surface area contributed by atoms with E-state index in [9.17, 15) is 0 Å². The highest BCUT2D eigenvalue weighted by molar-refractivity contribution is 5.11. The largest absolute Gasteiger partial charge is 0.303 e. The zero-order chi connectivity index (χ0) is 13.0. The van der Waals surface area contributed by atoms with E-state index < -0.39 is 0 Å². The van der Waals surface area contributed by atoms with E-state index in [1.165, 1.54) is 5.56 Å². The van der Waals surface area contributed by atoms with Crippen molar-refractivity contribution < 1.29 is 0 Å². The van der Waals surface area contributed by atoms with Crippen molar-refractivity contribution in [2.24, 2.45) is 5.84 Å². The molecule has 0 amide bonds. The molecular formula is C13H23N5. The second kappa shape index (κ2) is 6.24. The van der Waals surface area contributed by atoms with Gasteiger partial charge in [-0.1, -0.05) is 6.07 Å². The van der Waals surface area contributed by atoms with E-state index in [1.807, 2.05) is 12.3 Å². The maximum absolute atomic E-state index is 5.74. The lowest BCUT2D eigenvalue weighted by Gasteiger charge is -2.41. The molecule has 3 N–H and O–H groups in total. The van der Waals surface area contributed by atoms with Crippen LogP contribution >= 0.6 is 0 Å². The van der Waals surface area contributed by atoms with Gasteiger partial charge in [0.05, 0.1) is 0 Å². The second-order valence-electron chi connectivity index (χ2n) is 5.15. The van der Waals surface area contributed by atoms with Crippen LogP contribution in [0.1, 0.15) is 5.56 Å². The lowest BCUT2D eigenvalue weighted by atomic mass is 9.98. The minimum absolute atomic E-state index is 0.252. The van der Waals surface area contributed by atoms with E-state index in [0.29, 0.717) is 6.04 Å². The molecule has 2 unspecified atom stereocenters. The van der Waals surface area contributed by atoms with Crippen LogP contribution in [0.2, 0.25) is 0 Å². The van der Waals surface area contributed by atoms with Gasteiger partial charge in [-0.15, -0.1) is 0 Å². The minimum Gasteiger partial charge on any atom is -0.303 e.